The van der Waals surface area contributed by atoms with Gasteiger partial charge in [0.1, 0.15) is 0 Å². The summed E-state index contributed by atoms with van der Waals surface area (Å²) in [7, 11) is 0. The predicted octanol–water partition coefficient (Wildman–Crippen LogP) is 0.772. The van der Waals surface area contributed by atoms with Crippen LogP contribution in [0.2, 0.25) is 0 Å². The first-order chi connectivity index (χ1) is 6.02. The van der Waals surface area contributed by atoms with Crippen molar-refractivity contribution in [2.75, 3.05) is 19.8 Å². The molecular formula is C10H21NO2. The van der Waals surface area contributed by atoms with Crippen LogP contribution in [0, 0.1) is 5.92 Å². The van der Waals surface area contributed by atoms with E-state index in [9.17, 15) is 5.11 Å². The van der Waals surface area contributed by atoms with Crippen LogP contribution in [0.1, 0.15) is 27.2 Å². The second kappa shape index (κ2) is 4.40. The quantitative estimate of drug-likeness (QED) is 0.683. The van der Waals surface area contributed by atoms with E-state index in [1.807, 2.05) is 6.92 Å². The van der Waals surface area contributed by atoms with Crippen LogP contribution in [0.4, 0.5) is 0 Å². The van der Waals surface area contributed by atoms with Crippen molar-refractivity contribution in [2.24, 2.45) is 5.92 Å². The van der Waals surface area contributed by atoms with Gasteiger partial charge in [-0.25, -0.2) is 0 Å². The Balaban J connectivity index is 2.35. The molecule has 1 aliphatic heterocycles. The van der Waals surface area contributed by atoms with Gasteiger partial charge < -0.3 is 15.2 Å². The Hall–Kier alpha value is -0.120. The maximum Gasteiger partial charge on any atom is 0.0794 e. The molecule has 2 N–H and O–H groups in total. The summed E-state index contributed by atoms with van der Waals surface area (Å²) in [5.74, 6) is 0.291. The van der Waals surface area contributed by atoms with E-state index in [4.69, 9.17) is 4.74 Å². The van der Waals surface area contributed by atoms with Crippen LogP contribution in [0.25, 0.3) is 0 Å². The molecule has 0 bridgehead atoms. The first kappa shape index (κ1) is 11.0. The smallest absolute Gasteiger partial charge is 0.0794 e. The lowest BCUT2D eigenvalue weighted by molar-refractivity contribution is -0.00534. The summed E-state index contributed by atoms with van der Waals surface area (Å²) in [5, 5.41) is 13.4. The molecule has 2 unspecified atom stereocenters. The molecule has 0 aromatic heterocycles. The van der Waals surface area contributed by atoms with Crippen LogP contribution in [0.5, 0.6) is 0 Å². The largest absolute Gasteiger partial charge is 0.388 e. The van der Waals surface area contributed by atoms with Gasteiger partial charge >= 0.3 is 0 Å². The minimum absolute atomic E-state index is 0.291. The Morgan fingerprint density at radius 1 is 1.62 bits per heavy atom. The minimum Gasteiger partial charge on any atom is -0.388 e. The average molecular weight is 187 g/mol. The number of rotatable bonds is 4. The molecule has 78 valence electrons. The second-order valence-electron chi connectivity index (χ2n) is 4.45. The highest BCUT2D eigenvalue weighted by Crippen LogP contribution is 2.25. The zero-order valence-corrected chi connectivity index (χ0v) is 8.84. The summed E-state index contributed by atoms with van der Waals surface area (Å²) in [5.41, 5.74) is -0.624. The fourth-order valence-corrected chi connectivity index (χ4v) is 1.58. The SMILES string of the molecule is CC(C)NCC(C)(O)C1CCOC1. The van der Waals surface area contributed by atoms with Gasteiger partial charge in [0.05, 0.1) is 12.2 Å². The van der Waals surface area contributed by atoms with Crippen molar-refractivity contribution in [2.45, 2.75) is 38.8 Å². The lowest BCUT2D eigenvalue weighted by Gasteiger charge is -2.30. The number of aliphatic hydroxyl groups is 1. The van der Waals surface area contributed by atoms with Crippen LogP contribution >= 0.6 is 0 Å². The molecule has 3 heteroatoms. The summed E-state index contributed by atoms with van der Waals surface area (Å²) in [4.78, 5) is 0. The van der Waals surface area contributed by atoms with Gasteiger partial charge in [0.15, 0.2) is 0 Å². The van der Waals surface area contributed by atoms with Crippen molar-refractivity contribution in [3.05, 3.63) is 0 Å². The third kappa shape index (κ3) is 3.25. The van der Waals surface area contributed by atoms with Crippen molar-refractivity contribution in [1.29, 1.82) is 0 Å². The Kier molecular flexibility index (Phi) is 3.71. The van der Waals surface area contributed by atoms with Crippen molar-refractivity contribution in [3.8, 4) is 0 Å². The van der Waals surface area contributed by atoms with Gasteiger partial charge in [-0.2, -0.15) is 0 Å². The van der Waals surface area contributed by atoms with Crippen LogP contribution < -0.4 is 5.32 Å². The van der Waals surface area contributed by atoms with E-state index in [0.29, 0.717) is 25.1 Å². The number of nitrogens with one attached hydrogen (secondary N) is 1. The third-order valence-corrected chi connectivity index (χ3v) is 2.68. The van der Waals surface area contributed by atoms with Gasteiger partial charge in [0.2, 0.25) is 0 Å². The maximum absolute atomic E-state index is 10.1. The molecule has 0 amide bonds. The summed E-state index contributed by atoms with van der Waals surface area (Å²) in [6.45, 7) is 8.21. The van der Waals surface area contributed by atoms with Crippen molar-refractivity contribution in [3.63, 3.8) is 0 Å². The summed E-state index contributed by atoms with van der Waals surface area (Å²) < 4.78 is 5.26. The molecule has 1 saturated heterocycles. The molecule has 2 atom stereocenters. The molecule has 1 rings (SSSR count). The number of hydrogen-bond donors (Lipinski definition) is 2. The first-order valence-electron chi connectivity index (χ1n) is 5.06. The van der Waals surface area contributed by atoms with E-state index in [1.54, 1.807) is 0 Å². The minimum atomic E-state index is -0.624. The maximum atomic E-state index is 10.1. The Labute approximate surface area is 80.5 Å². The average Bonchev–Trinajstić information content (AvgIpc) is 2.53. The standard InChI is InChI=1S/C10H21NO2/c1-8(2)11-7-10(3,12)9-4-5-13-6-9/h8-9,11-12H,4-7H2,1-3H3. The lowest BCUT2D eigenvalue weighted by atomic mass is 9.88. The van der Waals surface area contributed by atoms with E-state index in [1.165, 1.54) is 0 Å². The Bertz CT molecular complexity index is 151. The fraction of sp³-hybridized carbons (Fsp3) is 1.00. The van der Waals surface area contributed by atoms with Crippen LogP contribution in [-0.4, -0.2) is 36.5 Å². The van der Waals surface area contributed by atoms with E-state index >= 15 is 0 Å². The van der Waals surface area contributed by atoms with Gasteiger partial charge in [0, 0.05) is 25.1 Å². The molecule has 0 radical (unpaired) electrons. The second-order valence-corrected chi connectivity index (χ2v) is 4.45. The van der Waals surface area contributed by atoms with Crippen LogP contribution in [0.3, 0.4) is 0 Å². The van der Waals surface area contributed by atoms with Gasteiger partial charge in [-0.15, -0.1) is 0 Å². The van der Waals surface area contributed by atoms with Gasteiger partial charge in [0.25, 0.3) is 0 Å². The molecule has 13 heavy (non-hydrogen) atoms. The van der Waals surface area contributed by atoms with E-state index in [2.05, 4.69) is 19.2 Å². The highest BCUT2D eigenvalue weighted by molar-refractivity contribution is 4.86. The summed E-state index contributed by atoms with van der Waals surface area (Å²) >= 11 is 0. The zero-order valence-electron chi connectivity index (χ0n) is 8.84. The van der Waals surface area contributed by atoms with Gasteiger partial charge in [-0.1, -0.05) is 13.8 Å². The van der Waals surface area contributed by atoms with Gasteiger partial charge in [-0.05, 0) is 13.3 Å². The molecular weight excluding hydrogens is 166 g/mol. The monoisotopic (exact) mass is 187 g/mol. The first-order valence-corrected chi connectivity index (χ1v) is 5.06. The highest BCUT2D eigenvalue weighted by atomic mass is 16.5. The van der Waals surface area contributed by atoms with Crippen LogP contribution in [-0.2, 0) is 4.74 Å². The molecule has 1 fully saturated rings. The number of ether oxygens (including phenoxy) is 1. The Morgan fingerprint density at radius 2 is 2.31 bits per heavy atom. The normalized spacial score (nSPS) is 27.9. The van der Waals surface area contributed by atoms with Gasteiger partial charge in [-0.3, -0.25) is 0 Å². The Morgan fingerprint density at radius 3 is 2.77 bits per heavy atom. The van der Waals surface area contributed by atoms with Crippen molar-refractivity contribution in [1.82, 2.24) is 5.32 Å². The van der Waals surface area contributed by atoms with Crippen LogP contribution in [0.15, 0.2) is 0 Å². The molecule has 0 aromatic rings. The molecule has 1 heterocycles. The zero-order chi connectivity index (χ0) is 9.90. The molecule has 0 aliphatic carbocycles. The summed E-state index contributed by atoms with van der Waals surface area (Å²) in [6, 6.07) is 0.425. The van der Waals surface area contributed by atoms with E-state index in [-0.39, 0.29) is 0 Å². The fourth-order valence-electron chi connectivity index (χ4n) is 1.58. The third-order valence-electron chi connectivity index (χ3n) is 2.68. The van der Waals surface area contributed by atoms with E-state index < -0.39 is 5.60 Å². The molecule has 1 aliphatic rings. The topological polar surface area (TPSA) is 41.5 Å². The van der Waals surface area contributed by atoms with Crippen molar-refractivity contribution >= 4 is 0 Å². The molecule has 0 spiro atoms. The highest BCUT2D eigenvalue weighted by Gasteiger charge is 2.34. The number of hydrogen-bond acceptors (Lipinski definition) is 3. The predicted molar refractivity (Wildman–Crippen MR) is 52.7 cm³/mol. The molecule has 3 nitrogen and oxygen atoms in total. The lowest BCUT2D eigenvalue weighted by Crippen LogP contribution is -2.46. The molecule has 0 aromatic carbocycles. The molecule has 0 saturated carbocycles. The summed E-state index contributed by atoms with van der Waals surface area (Å²) in [6.07, 6.45) is 0.979. The van der Waals surface area contributed by atoms with Crippen molar-refractivity contribution < 1.29 is 9.84 Å². The van der Waals surface area contributed by atoms with E-state index in [0.717, 1.165) is 13.0 Å².